The number of esters is 2. The Morgan fingerprint density at radius 1 is 1.03 bits per heavy atom. The summed E-state index contributed by atoms with van der Waals surface area (Å²) in [4.78, 5) is 48.7. The molecule has 188 valence electrons. The van der Waals surface area contributed by atoms with Gasteiger partial charge in [0.2, 0.25) is 12.4 Å². The molecule has 10 nitrogen and oxygen atoms in total. The second kappa shape index (κ2) is 12.6. The molecule has 0 radical (unpaired) electrons. The lowest BCUT2D eigenvalue weighted by atomic mass is 9.88. The van der Waals surface area contributed by atoms with Crippen molar-refractivity contribution in [2.24, 2.45) is 5.92 Å². The van der Waals surface area contributed by atoms with Crippen LogP contribution in [0.2, 0.25) is 0 Å². The van der Waals surface area contributed by atoms with Crippen molar-refractivity contribution >= 4 is 23.5 Å². The Bertz CT molecular complexity index is 896. The molecule has 1 aliphatic heterocycles. The fourth-order valence-electron chi connectivity index (χ4n) is 3.85. The monoisotopic (exact) mass is 480 g/mol. The molecule has 1 aromatic rings. The van der Waals surface area contributed by atoms with E-state index >= 15 is 0 Å². The largest absolute Gasteiger partial charge is 0.460 e. The number of ether oxygens (including phenoxy) is 5. The quantitative estimate of drug-likeness (QED) is 0.284. The maximum Gasteiger partial charge on any atom is 0.303 e. The first-order valence-electron chi connectivity index (χ1n) is 11.0. The molecule has 2 rings (SSSR count). The molecule has 0 bridgehead atoms. The molecule has 0 saturated carbocycles. The normalized spacial score (nSPS) is 24.2. The highest BCUT2D eigenvalue weighted by atomic mass is 16.7. The summed E-state index contributed by atoms with van der Waals surface area (Å²) in [7, 11) is 1.53. The van der Waals surface area contributed by atoms with Crippen molar-refractivity contribution in [1.82, 2.24) is 0 Å². The van der Waals surface area contributed by atoms with Gasteiger partial charge in [0.1, 0.15) is 11.9 Å². The van der Waals surface area contributed by atoms with Crippen molar-refractivity contribution in [3.63, 3.8) is 0 Å². The van der Waals surface area contributed by atoms with Gasteiger partial charge in [-0.25, -0.2) is 0 Å². The van der Waals surface area contributed by atoms with Gasteiger partial charge < -0.3 is 28.8 Å². The third-order valence-electron chi connectivity index (χ3n) is 5.40. The van der Waals surface area contributed by atoms with E-state index in [2.05, 4.69) is 0 Å². The molecule has 1 aromatic carbocycles. The second-order valence-corrected chi connectivity index (χ2v) is 8.17. The van der Waals surface area contributed by atoms with Crippen LogP contribution in [-0.2, 0) is 39.9 Å². The van der Waals surface area contributed by atoms with E-state index in [0.717, 1.165) is 0 Å². The third kappa shape index (κ3) is 7.09. The molecule has 1 heterocycles. The Hall–Kier alpha value is -2.82. The summed E-state index contributed by atoms with van der Waals surface area (Å²) in [6, 6.07) is 4.56. The number of benzene rings is 1. The Morgan fingerprint density at radius 2 is 1.68 bits per heavy atom. The zero-order chi connectivity index (χ0) is 25.4. The Morgan fingerprint density at radius 3 is 2.24 bits per heavy atom. The summed E-state index contributed by atoms with van der Waals surface area (Å²) in [5.41, 5.74) is 0.687. The molecule has 5 atom stereocenters. The van der Waals surface area contributed by atoms with E-state index in [1.165, 1.54) is 40.0 Å². The van der Waals surface area contributed by atoms with Crippen LogP contribution in [0.25, 0.3) is 0 Å². The minimum atomic E-state index is -1.34. The van der Waals surface area contributed by atoms with Gasteiger partial charge in [-0.1, -0.05) is 13.0 Å². The third-order valence-corrected chi connectivity index (χ3v) is 5.40. The predicted molar refractivity (Wildman–Crippen MR) is 118 cm³/mol. The average molecular weight is 481 g/mol. The van der Waals surface area contributed by atoms with E-state index in [-0.39, 0.29) is 35.9 Å². The van der Waals surface area contributed by atoms with Crippen LogP contribution >= 0.6 is 0 Å². The number of ketones is 2. The first-order chi connectivity index (χ1) is 16.1. The lowest BCUT2D eigenvalue weighted by molar-refractivity contribution is -0.261. The molecule has 0 amide bonds. The number of Topliss-reactive ketones (excluding diaryl/α,β-unsaturated/α-hetero) is 2. The SMILES string of the molecule is COCCCC(=O)c1cc(CO)ccc1O[C@@H]1O[C@H](C(C)=O)[C@@H](C)[C@H](OC(C)=O)[C@H]1OC(C)=O. The number of carbonyl (C=O) groups excluding carboxylic acids is 4. The molecular formula is C24H32O10. The van der Waals surface area contributed by atoms with Crippen molar-refractivity contribution in [2.75, 3.05) is 13.7 Å². The van der Waals surface area contributed by atoms with Gasteiger partial charge in [0.15, 0.2) is 17.7 Å². The molecule has 0 spiro atoms. The van der Waals surface area contributed by atoms with E-state index in [9.17, 15) is 24.3 Å². The molecular weight excluding hydrogens is 448 g/mol. The van der Waals surface area contributed by atoms with Gasteiger partial charge in [0, 0.05) is 39.9 Å². The summed E-state index contributed by atoms with van der Waals surface area (Å²) < 4.78 is 27.6. The van der Waals surface area contributed by atoms with Crippen LogP contribution in [-0.4, -0.2) is 66.9 Å². The number of hydrogen-bond donors (Lipinski definition) is 1. The number of carbonyl (C=O) groups is 4. The highest BCUT2D eigenvalue weighted by molar-refractivity contribution is 5.98. The molecule has 1 aliphatic rings. The number of aliphatic hydroxyl groups is 1. The van der Waals surface area contributed by atoms with E-state index in [1.807, 2.05) is 0 Å². The fourth-order valence-corrected chi connectivity index (χ4v) is 3.85. The maximum absolute atomic E-state index is 12.9. The number of rotatable bonds is 11. The Kier molecular flexibility index (Phi) is 10.2. The molecule has 1 N–H and O–H groups in total. The van der Waals surface area contributed by atoms with Crippen molar-refractivity contribution in [1.29, 1.82) is 0 Å². The molecule has 10 heteroatoms. The minimum Gasteiger partial charge on any atom is -0.460 e. The van der Waals surface area contributed by atoms with Gasteiger partial charge in [-0.2, -0.15) is 0 Å². The van der Waals surface area contributed by atoms with Crippen LogP contribution < -0.4 is 4.74 Å². The molecule has 1 saturated heterocycles. The lowest BCUT2D eigenvalue weighted by Crippen LogP contribution is -2.59. The molecule has 0 aliphatic carbocycles. The number of hydrogen-bond acceptors (Lipinski definition) is 10. The number of methoxy groups -OCH3 is 1. The summed E-state index contributed by atoms with van der Waals surface area (Å²) in [5, 5.41) is 9.51. The number of aliphatic hydroxyl groups excluding tert-OH is 1. The van der Waals surface area contributed by atoms with Crippen LogP contribution in [0.15, 0.2) is 18.2 Å². The molecule has 0 aromatic heterocycles. The second-order valence-electron chi connectivity index (χ2n) is 8.17. The van der Waals surface area contributed by atoms with Gasteiger partial charge in [0.25, 0.3) is 0 Å². The van der Waals surface area contributed by atoms with Gasteiger partial charge >= 0.3 is 11.9 Å². The summed E-state index contributed by atoms with van der Waals surface area (Å²) >= 11 is 0. The molecule has 34 heavy (non-hydrogen) atoms. The van der Waals surface area contributed by atoms with Crippen LogP contribution in [0.5, 0.6) is 5.75 Å². The van der Waals surface area contributed by atoms with E-state index in [0.29, 0.717) is 18.6 Å². The minimum absolute atomic E-state index is 0.111. The Balaban J connectivity index is 2.45. The fraction of sp³-hybridized carbons (Fsp3) is 0.583. The average Bonchev–Trinajstić information content (AvgIpc) is 2.77. The van der Waals surface area contributed by atoms with E-state index in [1.54, 1.807) is 13.0 Å². The highest BCUT2D eigenvalue weighted by Crippen LogP contribution is 2.34. The molecule has 0 unspecified atom stereocenters. The van der Waals surface area contributed by atoms with Gasteiger partial charge in [-0.15, -0.1) is 0 Å². The highest BCUT2D eigenvalue weighted by Gasteiger charge is 2.50. The Labute approximate surface area is 198 Å². The first-order valence-corrected chi connectivity index (χ1v) is 11.0. The zero-order valence-corrected chi connectivity index (χ0v) is 20.1. The van der Waals surface area contributed by atoms with Gasteiger partial charge in [-0.05, 0) is 31.0 Å². The molecule has 1 fully saturated rings. The zero-order valence-electron chi connectivity index (χ0n) is 20.1. The van der Waals surface area contributed by atoms with Crippen LogP contribution in [0.3, 0.4) is 0 Å². The summed E-state index contributed by atoms with van der Waals surface area (Å²) in [6.45, 7) is 5.47. The van der Waals surface area contributed by atoms with E-state index in [4.69, 9.17) is 23.7 Å². The smallest absolute Gasteiger partial charge is 0.303 e. The maximum atomic E-state index is 12.9. The van der Waals surface area contributed by atoms with Gasteiger partial charge in [-0.3, -0.25) is 19.2 Å². The van der Waals surface area contributed by atoms with Crippen molar-refractivity contribution in [3.05, 3.63) is 29.3 Å². The predicted octanol–water partition coefficient (Wildman–Crippen LogP) is 1.98. The van der Waals surface area contributed by atoms with Gasteiger partial charge in [0.05, 0.1) is 12.2 Å². The standard InChI is InChI=1S/C24H32O10/c1-13-21(14(2)26)34-24(23(32-16(4)28)22(13)31-15(3)27)33-20-9-8-17(12-25)11-18(20)19(29)7-6-10-30-5/h8-9,11,13,21-25H,6-7,10,12H2,1-5H3/t13-,21+,22+,23-,24-/m1/s1. The lowest BCUT2D eigenvalue weighted by Gasteiger charge is -2.43. The van der Waals surface area contributed by atoms with Crippen LogP contribution in [0, 0.1) is 5.92 Å². The summed E-state index contributed by atoms with van der Waals surface area (Å²) in [6.07, 6.45) is -3.91. The van der Waals surface area contributed by atoms with Crippen molar-refractivity contribution in [2.45, 2.75) is 71.7 Å². The topological polar surface area (TPSA) is 135 Å². The van der Waals surface area contributed by atoms with Crippen molar-refractivity contribution in [3.8, 4) is 5.75 Å². The first kappa shape index (κ1) is 27.4. The van der Waals surface area contributed by atoms with Crippen molar-refractivity contribution < 1.29 is 48.0 Å². The summed E-state index contributed by atoms with van der Waals surface area (Å²) in [5.74, 6) is -2.39. The van der Waals surface area contributed by atoms with E-state index < -0.39 is 42.5 Å². The van der Waals surface area contributed by atoms with Crippen LogP contribution in [0.4, 0.5) is 0 Å². The van der Waals surface area contributed by atoms with Crippen LogP contribution in [0.1, 0.15) is 56.5 Å².